The van der Waals surface area contributed by atoms with E-state index in [1.165, 1.54) is 6.07 Å². The first-order valence-corrected chi connectivity index (χ1v) is 11.1. The molecule has 0 fully saturated rings. The Balaban J connectivity index is 1.81. The molecule has 0 aliphatic carbocycles. The molecule has 3 aromatic carbocycles. The van der Waals surface area contributed by atoms with Crippen LogP contribution in [0.4, 0.5) is 5.69 Å². The summed E-state index contributed by atoms with van der Waals surface area (Å²) in [6.45, 7) is 4.95. The third-order valence-electron chi connectivity index (χ3n) is 5.22. The Hall–Kier alpha value is -3.64. The lowest BCUT2D eigenvalue weighted by atomic mass is 10.0. The number of amides is 3. The molecule has 0 spiro atoms. The second-order valence-corrected chi connectivity index (χ2v) is 7.75. The summed E-state index contributed by atoms with van der Waals surface area (Å²) in [6.07, 6.45) is 0. The average Bonchev–Trinajstić information content (AvgIpc) is 2.84. The Bertz CT molecular complexity index is 1120. The number of halogens is 1. The van der Waals surface area contributed by atoms with Crippen molar-refractivity contribution < 1.29 is 14.4 Å². The first-order valence-electron chi connectivity index (χ1n) is 10.7. The molecule has 33 heavy (non-hydrogen) atoms. The van der Waals surface area contributed by atoms with Gasteiger partial charge in [0.15, 0.2) is 0 Å². The van der Waals surface area contributed by atoms with Crippen LogP contribution in [0.15, 0.2) is 78.9 Å². The zero-order valence-corrected chi connectivity index (χ0v) is 19.3. The molecule has 0 saturated carbocycles. The predicted octanol–water partition coefficient (Wildman–Crippen LogP) is 4.93. The third-order valence-corrected chi connectivity index (χ3v) is 5.54. The van der Waals surface area contributed by atoms with Gasteiger partial charge < -0.3 is 15.5 Å². The van der Waals surface area contributed by atoms with E-state index in [1.807, 2.05) is 26.0 Å². The van der Waals surface area contributed by atoms with Gasteiger partial charge in [0, 0.05) is 24.3 Å². The van der Waals surface area contributed by atoms with Crippen molar-refractivity contribution in [2.45, 2.75) is 19.9 Å². The summed E-state index contributed by atoms with van der Waals surface area (Å²) in [5, 5.41) is 5.84. The van der Waals surface area contributed by atoms with E-state index in [2.05, 4.69) is 10.6 Å². The summed E-state index contributed by atoms with van der Waals surface area (Å²) in [7, 11) is 0. The molecule has 3 rings (SSSR count). The monoisotopic (exact) mass is 463 g/mol. The summed E-state index contributed by atoms with van der Waals surface area (Å²) in [6, 6.07) is 21.5. The predicted molar refractivity (Wildman–Crippen MR) is 130 cm³/mol. The fourth-order valence-electron chi connectivity index (χ4n) is 3.41. The van der Waals surface area contributed by atoms with Crippen molar-refractivity contribution in [3.8, 4) is 0 Å². The summed E-state index contributed by atoms with van der Waals surface area (Å²) < 4.78 is 0. The highest BCUT2D eigenvalue weighted by Crippen LogP contribution is 2.24. The molecule has 7 heteroatoms. The van der Waals surface area contributed by atoms with E-state index < -0.39 is 11.9 Å². The average molecular weight is 464 g/mol. The highest BCUT2D eigenvalue weighted by molar-refractivity contribution is 6.34. The lowest BCUT2D eigenvalue weighted by molar-refractivity contribution is -0.118. The van der Waals surface area contributed by atoms with E-state index in [4.69, 9.17) is 11.6 Å². The van der Waals surface area contributed by atoms with Crippen molar-refractivity contribution in [2.75, 3.05) is 18.4 Å². The van der Waals surface area contributed by atoms with Crippen LogP contribution < -0.4 is 10.6 Å². The molecule has 0 aliphatic rings. The normalized spacial score (nSPS) is 11.4. The Kier molecular flexibility index (Phi) is 8.22. The van der Waals surface area contributed by atoms with Crippen LogP contribution in [0.5, 0.6) is 0 Å². The van der Waals surface area contributed by atoms with Crippen molar-refractivity contribution in [1.29, 1.82) is 0 Å². The maximum absolute atomic E-state index is 13.2. The number of nitrogens with zero attached hydrogens (tertiary/aromatic N) is 1. The van der Waals surface area contributed by atoms with Gasteiger partial charge in [-0.25, -0.2) is 0 Å². The lowest BCUT2D eigenvalue weighted by Gasteiger charge is -2.21. The molecule has 0 aliphatic heterocycles. The van der Waals surface area contributed by atoms with Gasteiger partial charge in [0.1, 0.15) is 6.04 Å². The van der Waals surface area contributed by atoms with Crippen LogP contribution in [-0.4, -0.2) is 35.7 Å². The van der Waals surface area contributed by atoms with Crippen LogP contribution in [0.1, 0.15) is 46.2 Å². The summed E-state index contributed by atoms with van der Waals surface area (Å²) in [5.41, 5.74) is 1.89. The molecule has 0 aromatic heterocycles. The van der Waals surface area contributed by atoms with Gasteiger partial charge in [-0.2, -0.15) is 0 Å². The molecular formula is C26H26ClN3O3. The Morgan fingerprint density at radius 1 is 0.879 bits per heavy atom. The second-order valence-electron chi connectivity index (χ2n) is 7.34. The molecule has 170 valence electrons. The van der Waals surface area contributed by atoms with Crippen LogP contribution >= 0.6 is 11.6 Å². The SMILES string of the molecule is CCN(CC)C(=O)c1ccc(NC(=O)C(NC(=O)c2ccccc2)c2ccccc2)cc1Cl. The van der Waals surface area contributed by atoms with E-state index in [0.717, 1.165) is 0 Å². The van der Waals surface area contributed by atoms with Crippen LogP contribution in [0.25, 0.3) is 0 Å². The maximum atomic E-state index is 13.2. The van der Waals surface area contributed by atoms with E-state index in [1.54, 1.807) is 65.6 Å². The Labute approximate surface area is 198 Å². The quantitative estimate of drug-likeness (QED) is 0.497. The van der Waals surface area contributed by atoms with Crippen molar-refractivity contribution in [1.82, 2.24) is 10.2 Å². The van der Waals surface area contributed by atoms with Gasteiger partial charge in [0.05, 0.1) is 10.6 Å². The van der Waals surface area contributed by atoms with Crippen LogP contribution in [0.2, 0.25) is 5.02 Å². The standard InChI is InChI=1S/C26H26ClN3O3/c1-3-30(4-2)26(33)21-16-15-20(17-22(21)27)28-25(32)23(18-11-7-5-8-12-18)29-24(31)19-13-9-6-10-14-19/h5-17,23H,3-4H2,1-2H3,(H,28,32)(H,29,31). The Morgan fingerprint density at radius 3 is 2.06 bits per heavy atom. The maximum Gasteiger partial charge on any atom is 0.255 e. The topological polar surface area (TPSA) is 78.5 Å². The molecule has 2 N–H and O–H groups in total. The molecule has 0 saturated heterocycles. The molecule has 1 unspecified atom stereocenters. The van der Waals surface area contributed by atoms with E-state index >= 15 is 0 Å². The molecular weight excluding hydrogens is 438 g/mol. The first-order chi connectivity index (χ1) is 15.9. The van der Waals surface area contributed by atoms with E-state index in [0.29, 0.717) is 35.5 Å². The minimum Gasteiger partial charge on any atom is -0.339 e. The van der Waals surface area contributed by atoms with Gasteiger partial charge in [0.2, 0.25) is 0 Å². The van der Waals surface area contributed by atoms with Crippen LogP contribution in [0, 0.1) is 0 Å². The van der Waals surface area contributed by atoms with Gasteiger partial charge in [-0.3, -0.25) is 14.4 Å². The minimum absolute atomic E-state index is 0.167. The fourth-order valence-corrected chi connectivity index (χ4v) is 3.67. The number of carbonyl (C=O) groups is 3. The van der Waals surface area contributed by atoms with Gasteiger partial charge >= 0.3 is 0 Å². The van der Waals surface area contributed by atoms with Gasteiger partial charge in [-0.1, -0.05) is 60.1 Å². The number of benzene rings is 3. The number of hydrogen-bond acceptors (Lipinski definition) is 3. The van der Waals surface area contributed by atoms with Crippen molar-refractivity contribution in [3.63, 3.8) is 0 Å². The van der Waals surface area contributed by atoms with Gasteiger partial charge in [0.25, 0.3) is 17.7 Å². The molecule has 0 radical (unpaired) electrons. The number of nitrogens with one attached hydrogen (secondary N) is 2. The number of hydrogen-bond donors (Lipinski definition) is 2. The first kappa shape index (κ1) is 24.0. The van der Waals surface area contributed by atoms with E-state index in [-0.39, 0.29) is 16.8 Å². The zero-order valence-electron chi connectivity index (χ0n) is 18.5. The van der Waals surface area contributed by atoms with E-state index in [9.17, 15) is 14.4 Å². The van der Waals surface area contributed by atoms with Crippen molar-refractivity contribution in [2.24, 2.45) is 0 Å². The Morgan fingerprint density at radius 2 is 1.48 bits per heavy atom. The second kappa shape index (κ2) is 11.3. The molecule has 1 atom stereocenters. The molecule has 0 heterocycles. The largest absolute Gasteiger partial charge is 0.339 e. The number of anilines is 1. The van der Waals surface area contributed by atoms with Crippen molar-refractivity contribution >= 4 is 35.0 Å². The number of rotatable bonds is 8. The lowest BCUT2D eigenvalue weighted by Crippen LogP contribution is -2.37. The third kappa shape index (κ3) is 5.99. The molecule has 6 nitrogen and oxygen atoms in total. The summed E-state index contributed by atoms with van der Waals surface area (Å²) in [5.74, 6) is -0.956. The van der Waals surface area contributed by atoms with Gasteiger partial charge in [-0.05, 0) is 49.7 Å². The zero-order chi connectivity index (χ0) is 23.8. The highest BCUT2D eigenvalue weighted by Gasteiger charge is 2.24. The van der Waals surface area contributed by atoms with Crippen molar-refractivity contribution in [3.05, 3.63) is 101 Å². The molecule has 0 bridgehead atoms. The minimum atomic E-state index is -0.922. The van der Waals surface area contributed by atoms with Crippen LogP contribution in [-0.2, 0) is 4.79 Å². The number of carbonyl (C=O) groups excluding carboxylic acids is 3. The highest BCUT2D eigenvalue weighted by atomic mass is 35.5. The molecule has 3 amide bonds. The summed E-state index contributed by atoms with van der Waals surface area (Å²) >= 11 is 6.36. The fraction of sp³-hybridized carbons (Fsp3) is 0.192. The van der Waals surface area contributed by atoms with Gasteiger partial charge in [-0.15, -0.1) is 0 Å². The van der Waals surface area contributed by atoms with Crippen LogP contribution in [0.3, 0.4) is 0 Å². The summed E-state index contributed by atoms with van der Waals surface area (Å²) in [4.78, 5) is 40.2. The smallest absolute Gasteiger partial charge is 0.255 e. The molecule has 3 aromatic rings.